The Morgan fingerprint density at radius 3 is 2.59 bits per heavy atom. The fourth-order valence-electron chi connectivity index (χ4n) is 2.40. The molecule has 1 fully saturated rings. The van der Waals surface area contributed by atoms with E-state index in [-0.39, 0.29) is 11.5 Å². The van der Waals surface area contributed by atoms with Crippen molar-refractivity contribution < 1.29 is 13.2 Å². The second-order valence-electron chi connectivity index (χ2n) is 4.49. The maximum Gasteiger partial charge on any atom is 0.160 e. The number of hydrogen-bond acceptors (Lipinski definition) is 3. The Morgan fingerprint density at radius 2 is 1.94 bits per heavy atom. The van der Waals surface area contributed by atoms with Crippen molar-refractivity contribution in [2.75, 3.05) is 5.75 Å². The highest BCUT2D eigenvalue weighted by Gasteiger charge is 2.32. The molecule has 0 N–H and O–H groups in total. The molecule has 92 valence electrons. The SMILES string of the molecule is CC(=O)c1ccccc1C1CCCCS1(=O)=O. The van der Waals surface area contributed by atoms with Crippen molar-refractivity contribution in [3.63, 3.8) is 0 Å². The van der Waals surface area contributed by atoms with Gasteiger partial charge in [0, 0.05) is 5.56 Å². The van der Waals surface area contributed by atoms with Crippen molar-refractivity contribution in [3.05, 3.63) is 35.4 Å². The van der Waals surface area contributed by atoms with E-state index >= 15 is 0 Å². The van der Waals surface area contributed by atoms with Crippen LogP contribution in [-0.2, 0) is 9.84 Å². The summed E-state index contributed by atoms with van der Waals surface area (Å²) in [4.78, 5) is 11.5. The van der Waals surface area contributed by atoms with E-state index < -0.39 is 15.1 Å². The van der Waals surface area contributed by atoms with Gasteiger partial charge in [0.05, 0.1) is 11.0 Å². The van der Waals surface area contributed by atoms with Crippen molar-refractivity contribution in [1.82, 2.24) is 0 Å². The fourth-order valence-corrected chi connectivity index (χ4v) is 4.41. The van der Waals surface area contributed by atoms with Gasteiger partial charge in [0.25, 0.3) is 0 Å². The standard InChI is InChI=1S/C13H16O3S/c1-10(14)11-6-2-3-7-12(11)13-8-4-5-9-17(13,15)16/h2-3,6-7,13H,4-5,8-9H2,1H3. The monoisotopic (exact) mass is 252 g/mol. The van der Waals surface area contributed by atoms with Crippen LogP contribution in [0.3, 0.4) is 0 Å². The summed E-state index contributed by atoms with van der Waals surface area (Å²) in [5.41, 5.74) is 1.22. The predicted octanol–water partition coefficient (Wildman–Crippen LogP) is 2.53. The maximum atomic E-state index is 12.0. The van der Waals surface area contributed by atoms with Gasteiger partial charge in [-0.2, -0.15) is 0 Å². The minimum absolute atomic E-state index is 0.0682. The molecule has 1 aliphatic heterocycles. The van der Waals surface area contributed by atoms with E-state index in [2.05, 4.69) is 0 Å². The summed E-state index contributed by atoms with van der Waals surface area (Å²) < 4.78 is 24.1. The lowest BCUT2D eigenvalue weighted by atomic mass is 9.98. The highest BCUT2D eigenvalue weighted by Crippen LogP contribution is 2.35. The van der Waals surface area contributed by atoms with Crippen LogP contribution >= 0.6 is 0 Å². The average Bonchev–Trinajstić information content (AvgIpc) is 2.28. The van der Waals surface area contributed by atoms with Gasteiger partial charge in [-0.05, 0) is 25.3 Å². The molecule has 0 spiro atoms. The number of carbonyl (C=O) groups excluding carboxylic acids is 1. The smallest absolute Gasteiger partial charge is 0.160 e. The van der Waals surface area contributed by atoms with E-state index in [0.29, 0.717) is 17.5 Å². The summed E-state index contributed by atoms with van der Waals surface area (Å²) in [6.07, 6.45) is 2.28. The van der Waals surface area contributed by atoms with E-state index in [4.69, 9.17) is 0 Å². The third-order valence-corrected chi connectivity index (χ3v) is 5.48. The molecule has 2 rings (SSSR count). The summed E-state index contributed by atoms with van der Waals surface area (Å²) in [6, 6.07) is 7.05. The molecule has 1 atom stereocenters. The Hall–Kier alpha value is -1.16. The Balaban J connectivity index is 2.49. The number of sulfone groups is 1. The molecule has 1 aromatic carbocycles. The minimum Gasteiger partial charge on any atom is -0.295 e. The molecule has 4 heteroatoms. The number of hydrogen-bond donors (Lipinski definition) is 0. The maximum absolute atomic E-state index is 12.0. The molecule has 1 heterocycles. The van der Waals surface area contributed by atoms with Crippen LogP contribution in [0.5, 0.6) is 0 Å². The Labute approximate surface area is 102 Å². The number of Topliss-reactive ketones (excluding diaryl/α,β-unsaturated/α-hetero) is 1. The van der Waals surface area contributed by atoms with Crippen LogP contribution in [0.4, 0.5) is 0 Å². The van der Waals surface area contributed by atoms with E-state index in [1.165, 1.54) is 6.92 Å². The lowest BCUT2D eigenvalue weighted by molar-refractivity contribution is 0.101. The van der Waals surface area contributed by atoms with Gasteiger partial charge in [0.1, 0.15) is 0 Å². The van der Waals surface area contributed by atoms with Gasteiger partial charge in [-0.3, -0.25) is 4.79 Å². The summed E-state index contributed by atoms with van der Waals surface area (Å²) >= 11 is 0. The number of rotatable bonds is 2. The molecule has 1 saturated heterocycles. The first-order valence-electron chi connectivity index (χ1n) is 5.84. The van der Waals surface area contributed by atoms with E-state index in [1.54, 1.807) is 24.3 Å². The Kier molecular flexibility index (Phi) is 3.33. The highest BCUT2D eigenvalue weighted by molar-refractivity contribution is 7.91. The summed E-state index contributed by atoms with van der Waals surface area (Å²) in [5, 5.41) is -0.489. The van der Waals surface area contributed by atoms with Crippen molar-refractivity contribution in [3.8, 4) is 0 Å². The third-order valence-electron chi connectivity index (χ3n) is 3.27. The van der Waals surface area contributed by atoms with Crippen LogP contribution in [0.25, 0.3) is 0 Å². The van der Waals surface area contributed by atoms with Gasteiger partial charge in [-0.1, -0.05) is 30.7 Å². The highest BCUT2D eigenvalue weighted by atomic mass is 32.2. The molecular formula is C13H16O3S. The normalized spacial score (nSPS) is 23.2. The third kappa shape index (κ3) is 2.41. The molecule has 0 aromatic heterocycles. The molecule has 1 unspecified atom stereocenters. The first-order chi connectivity index (χ1) is 8.02. The molecule has 0 aliphatic carbocycles. The van der Waals surface area contributed by atoms with Gasteiger partial charge < -0.3 is 0 Å². The zero-order valence-electron chi connectivity index (χ0n) is 9.85. The van der Waals surface area contributed by atoms with Gasteiger partial charge >= 0.3 is 0 Å². The Bertz CT molecular complexity index is 531. The van der Waals surface area contributed by atoms with E-state index in [9.17, 15) is 13.2 Å². The molecule has 0 saturated carbocycles. The number of benzene rings is 1. The van der Waals surface area contributed by atoms with Crippen LogP contribution in [0.2, 0.25) is 0 Å². The first kappa shape index (κ1) is 12.3. The van der Waals surface area contributed by atoms with Crippen LogP contribution in [0.1, 0.15) is 47.4 Å². The summed E-state index contributed by atoms with van der Waals surface area (Å²) in [7, 11) is -3.08. The summed E-state index contributed by atoms with van der Waals surface area (Å²) in [6.45, 7) is 1.48. The van der Waals surface area contributed by atoms with E-state index in [0.717, 1.165) is 12.8 Å². The van der Waals surface area contributed by atoms with Crippen molar-refractivity contribution in [2.45, 2.75) is 31.4 Å². The largest absolute Gasteiger partial charge is 0.295 e. The minimum atomic E-state index is -3.08. The second-order valence-corrected chi connectivity index (χ2v) is 6.80. The van der Waals surface area contributed by atoms with Crippen LogP contribution < -0.4 is 0 Å². The fraction of sp³-hybridized carbons (Fsp3) is 0.462. The Morgan fingerprint density at radius 1 is 1.24 bits per heavy atom. The lowest BCUT2D eigenvalue weighted by Crippen LogP contribution is -2.23. The van der Waals surface area contributed by atoms with Crippen LogP contribution in [0.15, 0.2) is 24.3 Å². The van der Waals surface area contributed by atoms with Crippen molar-refractivity contribution in [1.29, 1.82) is 0 Å². The van der Waals surface area contributed by atoms with E-state index in [1.807, 2.05) is 0 Å². The molecule has 0 radical (unpaired) electrons. The second kappa shape index (κ2) is 4.61. The van der Waals surface area contributed by atoms with Crippen molar-refractivity contribution >= 4 is 15.6 Å². The zero-order chi connectivity index (χ0) is 12.5. The predicted molar refractivity (Wildman–Crippen MR) is 66.8 cm³/mol. The zero-order valence-corrected chi connectivity index (χ0v) is 10.7. The molecule has 17 heavy (non-hydrogen) atoms. The van der Waals surface area contributed by atoms with Gasteiger partial charge in [-0.15, -0.1) is 0 Å². The molecule has 0 amide bonds. The number of carbonyl (C=O) groups is 1. The topological polar surface area (TPSA) is 51.2 Å². The molecule has 1 aromatic rings. The first-order valence-corrected chi connectivity index (χ1v) is 7.55. The molecular weight excluding hydrogens is 236 g/mol. The molecule has 0 bridgehead atoms. The van der Waals surface area contributed by atoms with Crippen molar-refractivity contribution in [2.24, 2.45) is 0 Å². The van der Waals surface area contributed by atoms with Gasteiger partial charge in [-0.25, -0.2) is 8.42 Å². The van der Waals surface area contributed by atoms with Gasteiger partial charge in [0.15, 0.2) is 15.6 Å². The quantitative estimate of drug-likeness (QED) is 0.760. The summed E-state index contributed by atoms with van der Waals surface area (Å²) in [5.74, 6) is 0.172. The number of ketones is 1. The molecule has 1 aliphatic rings. The molecule has 3 nitrogen and oxygen atoms in total. The average molecular weight is 252 g/mol. The van der Waals surface area contributed by atoms with Crippen LogP contribution in [-0.4, -0.2) is 20.0 Å². The lowest BCUT2D eigenvalue weighted by Gasteiger charge is -2.24. The van der Waals surface area contributed by atoms with Crippen LogP contribution in [0, 0.1) is 0 Å². The van der Waals surface area contributed by atoms with Gasteiger partial charge in [0.2, 0.25) is 0 Å².